The zero-order chi connectivity index (χ0) is 17.1. The maximum atomic E-state index is 12.4. The molecule has 2 bridgehead atoms. The molecule has 0 aliphatic heterocycles. The van der Waals surface area contributed by atoms with Crippen molar-refractivity contribution in [3.63, 3.8) is 0 Å². The first-order valence-corrected chi connectivity index (χ1v) is 9.38. The number of pyridine rings is 1. The molecular formula is C17H26Cl4N4O. The highest BCUT2D eigenvalue weighted by Crippen LogP contribution is 2.41. The molecule has 2 aliphatic carbocycles. The third-order valence-corrected chi connectivity index (χ3v) is 5.80. The summed E-state index contributed by atoms with van der Waals surface area (Å²) in [5, 5.41) is 7.10. The van der Waals surface area contributed by atoms with Crippen LogP contribution in [-0.2, 0) is 4.79 Å². The molecular weight excluding hydrogens is 418 g/mol. The standard InChI is InChI=1S/C17H24Cl2N4O.2ClH/c18-13-8-14(19)16(23-9-13)21-4-5-22-17(24)12-6-10-2-1-3-11(7-12)15(10)20;;/h8-12,15H,1-7,20H2,(H,21,23)(H,22,24);2*1H. The maximum absolute atomic E-state index is 12.4. The molecule has 9 heteroatoms. The first kappa shape index (κ1) is 23.6. The molecule has 2 aliphatic rings. The Labute approximate surface area is 177 Å². The number of rotatable bonds is 5. The van der Waals surface area contributed by atoms with Crippen LogP contribution in [0.4, 0.5) is 5.82 Å². The van der Waals surface area contributed by atoms with Gasteiger partial charge in [0, 0.05) is 31.2 Å². The predicted molar refractivity (Wildman–Crippen MR) is 112 cm³/mol. The zero-order valence-electron chi connectivity index (χ0n) is 14.4. The fraction of sp³-hybridized carbons (Fsp3) is 0.647. The van der Waals surface area contributed by atoms with Gasteiger partial charge in [0.25, 0.3) is 0 Å². The number of nitrogens with two attached hydrogens (primary N) is 1. The SMILES string of the molecule is Cl.Cl.NC1C2CCCC1CC(C(=O)NCCNc1ncc(Cl)cc1Cl)C2. The second kappa shape index (κ2) is 10.8. The number of fused-ring (bicyclic) bond motifs is 2. The zero-order valence-corrected chi connectivity index (χ0v) is 17.6. The lowest BCUT2D eigenvalue weighted by Crippen LogP contribution is -2.49. The number of carbonyl (C=O) groups is 1. The minimum atomic E-state index is 0. The lowest BCUT2D eigenvalue weighted by atomic mass is 9.65. The van der Waals surface area contributed by atoms with Crippen LogP contribution in [0.5, 0.6) is 0 Å². The molecule has 148 valence electrons. The van der Waals surface area contributed by atoms with Gasteiger partial charge in [0.15, 0.2) is 0 Å². The van der Waals surface area contributed by atoms with Crippen molar-refractivity contribution in [2.45, 2.75) is 38.1 Å². The van der Waals surface area contributed by atoms with Gasteiger partial charge in [-0.15, -0.1) is 24.8 Å². The number of aromatic nitrogens is 1. The molecule has 4 N–H and O–H groups in total. The third-order valence-electron chi connectivity index (χ3n) is 5.31. The molecule has 2 atom stereocenters. The Balaban J connectivity index is 0.00000169. The average molecular weight is 444 g/mol. The van der Waals surface area contributed by atoms with Gasteiger partial charge >= 0.3 is 0 Å². The van der Waals surface area contributed by atoms with Crippen LogP contribution in [0.1, 0.15) is 32.1 Å². The van der Waals surface area contributed by atoms with Crippen LogP contribution in [0.25, 0.3) is 0 Å². The Morgan fingerprint density at radius 1 is 1.19 bits per heavy atom. The van der Waals surface area contributed by atoms with E-state index in [0.29, 0.717) is 46.8 Å². The number of nitrogens with zero attached hydrogens (tertiary/aromatic N) is 1. The Kier molecular flexibility index (Phi) is 9.76. The van der Waals surface area contributed by atoms with Crippen molar-refractivity contribution in [2.24, 2.45) is 23.5 Å². The number of carbonyl (C=O) groups excluding carboxylic acids is 1. The van der Waals surface area contributed by atoms with Crippen LogP contribution >= 0.6 is 48.0 Å². The number of hydrogen-bond donors (Lipinski definition) is 3. The van der Waals surface area contributed by atoms with Gasteiger partial charge in [-0.25, -0.2) is 4.98 Å². The van der Waals surface area contributed by atoms with E-state index in [-0.39, 0.29) is 36.6 Å². The van der Waals surface area contributed by atoms with Crippen molar-refractivity contribution in [1.29, 1.82) is 0 Å². The van der Waals surface area contributed by atoms with E-state index in [4.69, 9.17) is 28.9 Å². The quantitative estimate of drug-likeness (QED) is 0.602. The van der Waals surface area contributed by atoms with Crippen molar-refractivity contribution < 1.29 is 4.79 Å². The fourth-order valence-electron chi connectivity index (χ4n) is 4.06. The van der Waals surface area contributed by atoms with Crippen LogP contribution < -0.4 is 16.4 Å². The molecule has 0 saturated heterocycles. The minimum absolute atomic E-state index is 0. The van der Waals surface area contributed by atoms with Crippen molar-refractivity contribution in [3.05, 3.63) is 22.3 Å². The highest BCUT2D eigenvalue weighted by atomic mass is 35.5. The van der Waals surface area contributed by atoms with Gasteiger partial charge in [-0.1, -0.05) is 29.6 Å². The van der Waals surface area contributed by atoms with Crippen LogP contribution in [0.3, 0.4) is 0 Å². The van der Waals surface area contributed by atoms with Crippen LogP contribution in [0.15, 0.2) is 12.3 Å². The van der Waals surface area contributed by atoms with Gasteiger partial charge in [0.2, 0.25) is 5.91 Å². The van der Waals surface area contributed by atoms with Gasteiger partial charge < -0.3 is 16.4 Å². The molecule has 2 saturated carbocycles. The highest BCUT2D eigenvalue weighted by Gasteiger charge is 2.40. The lowest BCUT2D eigenvalue weighted by molar-refractivity contribution is -0.127. The smallest absolute Gasteiger partial charge is 0.223 e. The summed E-state index contributed by atoms with van der Waals surface area (Å²) in [6, 6.07) is 1.93. The van der Waals surface area contributed by atoms with E-state index in [2.05, 4.69) is 15.6 Å². The summed E-state index contributed by atoms with van der Waals surface area (Å²) in [6.07, 6.45) is 7.00. The Bertz CT molecular complexity index is 590. The van der Waals surface area contributed by atoms with Crippen molar-refractivity contribution in [1.82, 2.24) is 10.3 Å². The van der Waals surface area contributed by atoms with Crippen LogP contribution in [-0.4, -0.2) is 30.0 Å². The van der Waals surface area contributed by atoms with E-state index in [1.54, 1.807) is 12.3 Å². The Morgan fingerprint density at radius 3 is 2.46 bits per heavy atom. The van der Waals surface area contributed by atoms with Crippen LogP contribution in [0, 0.1) is 17.8 Å². The van der Waals surface area contributed by atoms with E-state index in [9.17, 15) is 4.79 Å². The van der Waals surface area contributed by atoms with Gasteiger partial charge in [-0.3, -0.25) is 4.79 Å². The molecule has 26 heavy (non-hydrogen) atoms. The molecule has 5 nitrogen and oxygen atoms in total. The summed E-state index contributed by atoms with van der Waals surface area (Å²) in [5.74, 6) is 1.87. The molecule has 1 aromatic heterocycles. The van der Waals surface area contributed by atoms with E-state index in [0.717, 1.165) is 12.8 Å². The summed E-state index contributed by atoms with van der Waals surface area (Å²) in [4.78, 5) is 16.5. The van der Waals surface area contributed by atoms with Crippen molar-refractivity contribution in [2.75, 3.05) is 18.4 Å². The molecule has 0 spiro atoms. The molecule has 1 heterocycles. The first-order chi connectivity index (χ1) is 11.5. The van der Waals surface area contributed by atoms with Crippen LogP contribution in [0.2, 0.25) is 10.0 Å². The summed E-state index contributed by atoms with van der Waals surface area (Å²) < 4.78 is 0. The summed E-state index contributed by atoms with van der Waals surface area (Å²) in [5.41, 5.74) is 6.29. The predicted octanol–water partition coefficient (Wildman–Crippen LogP) is 3.91. The molecule has 1 amide bonds. The Morgan fingerprint density at radius 2 is 1.85 bits per heavy atom. The number of anilines is 1. The monoisotopic (exact) mass is 442 g/mol. The number of halogens is 4. The maximum Gasteiger partial charge on any atom is 0.223 e. The molecule has 3 rings (SSSR count). The van der Waals surface area contributed by atoms with E-state index < -0.39 is 0 Å². The van der Waals surface area contributed by atoms with Gasteiger partial charge in [0.05, 0.1) is 10.0 Å². The second-order valence-corrected chi connectivity index (χ2v) is 7.74. The van der Waals surface area contributed by atoms with E-state index in [1.807, 2.05) is 0 Å². The molecule has 1 aromatic rings. The highest BCUT2D eigenvalue weighted by molar-refractivity contribution is 6.35. The second-order valence-electron chi connectivity index (χ2n) is 6.90. The molecule has 2 unspecified atom stereocenters. The van der Waals surface area contributed by atoms with E-state index in [1.165, 1.54) is 19.3 Å². The summed E-state index contributed by atoms with van der Waals surface area (Å²) >= 11 is 11.9. The summed E-state index contributed by atoms with van der Waals surface area (Å²) in [6.45, 7) is 1.11. The molecule has 0 aromatic carbocycles. The van der Waals surface area contributed by atoms with Crippen molar-refractivity contribution in [3.8, 4) is 0 Å². The fourth-order valence-corrected chi connectivity index (χ4v) is 4.51. The van der Waals surface area contributed by atoms with Gasteiger partial charge in [0.1, 0.15) is 5.82 Å². The Hall–Kier alpha value is -0.460. The summed E-state index contributed by atoms with van der Waals surface area (Å²) in [7, 11) is 0. The normalized spacial score (nSPS) is 26.9. The number of amides is 1. The van der Waals surface area contributed by atoms with Gasteiger partial charge in [-0.2, -0.15) is 0 Å². The van der Waals surface area contributed by atoms with E-state index >= 15 is 0 Å². The van der Waals surface area contributed by atoms with Gasteiger partial charge in [-0.05, 0) is 43.6 Å². The first-order valence-electron chi connectivity index (χ1n) is 8.63. The topological polar surface area (TPSA) is 80.0 Å². The largest absolute Gasteiger partial charge is 0.367 e. The van der Waals surface area contributed by atoms with Crippen molar-refractivity contribution >= 4 is 59.7 Å². The average Bonchev–Trinajstić information content (AvgIpc) is 2.52. The number of hydrogen-bond acceptors (Lipinski definition) is 4. The third kappa shape index (κ3) is 5.77. The number of nitrogens with one attached hydrogen (secondary N) is 2. The minimum Gasteiger partial charge on any atom is -0.367 e. The molecule has 0 radical (unpaired) electrons. The lowest BCUT2D eigenvalue weighted by Gasteiger charge is -2.43. The molecule has 2 fully saturated rings.